The molecular formula is C45H67N13O8. The first kappa shape index (κ1) is 53.3. The summed E-state index contributed by atoms with van der Waals surface area (Å²) in [5.41, 5.74) is 24.5. The second kappa shape index (κ2) is 28.7. The van der Waals surface area contributed by atoms with E-state index in [0.29, 0.717) is 44.2 Å². The number of aromatic amines is 1. The number of guanidine groups is 1. The van der Waals surface area contributed by atoms with Gasteiger partial charge in [0.05, 0.1) is 26.2 Å². The van der Waals surface area contributed by atoms with Crippen LogP contribution >= 0.6 is 0 Å². The van der Waals surface area contributed by atoms with Crippen LogP contribution in [0, 0.1) is 0 Å². The molecule has 2 aromatic carbocycles. The number of unbranched alkanes of at least 4 members (excludes halogenated alkanes) is 2. The van der Waals surface area contributed by atoms with E-state index >= 15 is 0 Å². The smallest absolute Gasteiger partial charge is 0.245 e. The van der Waals surface area contributed by atoms with Gasteiger partial charge in [-0.2, -0.15) is 0 Å². The fraction of sp³-hybridized carbons (Fsp3) is 0.489. The van der Waals surface area contributed by atoms with Gasteiger partial charge in [0.2, 0.25) is 47.3 Å². The summed E-state index contributed by atoms with van der Waals surface area (Å²) in [7, 11) is 0. The lowest BCUT2D eigenvalue weighted by molar-refractivity contribution is -0.140. The molecule has 21 heteroatoms. The number of benzene rings is 2. The highest BCUT2D eigenvalue weighted by molar-refractivity contribution is 5.95. The maximum Gasteiger partial charge on any atom is 0.245 e. The number of nitrogens with one attached hydrogen (secondary N) is 6. The molecule has 0 fully saturated rings. The first-order valence-electron chi connectivity index (χ1n) is 22.2. The lowest BCUT2D eigenvalue weighted by atomic mass is 10.0. The van der Waals surface area contributed by atoms with Crippen molar-refractivity contribution in [3.05, 3.63) is 71.9 Å². The number of aliphatic imine (C=N–C) groups is 1. The summed E-state index contributed by atoms with van der Waals surface area (Å²) in [6, 6.07) is 13.1. The van der Waals surface area contributed by atoms with Crippen LogP contribution in [0.5, 0.6) is 0 Å². The number of H-pyrrole nitrogens is 1. The van der Waals surface area contributed by atoms with E-state index in [2.05, 4.69) is 36.6 Å². The molecule has 66 heavy (non-hydrogen) atoms. The highest BCUT2D eigenvalue weighted by Crippen LogP contribution is 2.19. The molecule has 21 nitrogen and oxygen atoms in total. The normalized spacial score (nSPS) is 12.2. The van der Waals surface area contributed by atoms with Crippen LogP contribution < -0.4 is 49.5 Å². The summed E-state index contributed by atoms with van der Waals surface area (Å²) in [6.45, 7) is 1.99. The number of rotatable bonds is 30. The number of hydrogen-bond donors (Lipinski definition) is 10. The number of hydrogen-bond acceptors (Lipinski definition) is 10. The Balaban J connectivity index is 1.90. The minimum Gasteiger partial charge on any atom is -0.370 e. The maximum atomic E-state index is 14.6. The Morgan fingerprint density at radius 3 is 2.09 bits per heavy atom. The lowest BCUT2D eigenvalue weighted by Gasteiger charge is -2.29. The molecule has 0 unspecified atom stereocenters. The number of primary amides is 1. The Labute approximate surface area is 385 Å². The van der Waals surface area contributed by atoms with Gasteiger partial charge >= 0.3 is 0 Å². The summed E-state index contributed by atoms with van der Waals surface area (Å²) < 4.78 is 0. The maximum absolute atomic E-state index is 14.6. The van der Waals surface area contributed by atoms with Crippen molar-refractivity contribution in [1.82, 2.24) is 41.4 Å². The summed E-state index contributed by atoms with van der Waals surface area (Å²) >= 11 is 0. The Hall–Kier alpha value is -7.03. The van der Waals surface area contributed by atoms with E-state index in [1.807, 2.05) is 37.4 Å². The molecule has 360 valence electrons. The average molecular weight is 918 g/mol. The topological polar surface area (TPSA) is 335 Å². The Morgan fingerprint density at radius 2 is 1.41 bits per heavy atom. The van der Waals surface area contributed by atoms with Gasteiger partial charge in [0, 0.05) is 50.1 Å². The number of aromatic nitrogens is 1. The van der Waals surface area contributed by atoms with E-state index in [9.17, 15) is 38.4 Å². The third kappa shape index (κ3) is 19.4. The molecule has 3 atom stereocenters. The van der Waals surface area contributed by atoms with Gasteiger partial charge < -0.3 is 64.3 Å². The third-order valence-corrected chi connectivity index (χ3v) is 10.4. The van der Waals surface area contributed by atoms with Crippen LogP contribution in [0.25, 0.3) is 10.9 Å². The van der Waals surface area contributed by atoms with E-state index in [0.717, 1.165) is 22.9 Å². The van der Waals surface area contributed by atoms with Crippen LogP contribution in [0.3, 0.4) is 0 Å². The Kier molecular flexibility index (Phi) is 23.2. The molecule has 3 rings (SSSR count). The van der Waals surface area contributed by atoms with E-state index in [-0.39, 0.29) is 44.9 Å². The second-order valence-electron chi connectivity index (χ2n) is 15.9. The van der Waals surface area contributed by atoms with Gasteiger partial charge in [0.15, 0.2) is 5.96 Å². The number of nitrogens with zero attached hydrogens (tertiary/aromatic N) is 3. The van der Waals surface area contributed by atoms with Gasteiger partial charge in [-0.3, -0.25) is 43.3 Å². The summed E-state index contributed by atoms with van der Waals surface area (Å²) in [6.07, 6.45) is 5.20. The molecule has 0 aliphatic heterocycles. The molecule has 1 heterocycles. The highest BCUT2D eigenvalue weighted by Gasteiger charge is 2.31. The van der Waals surface area contributed by atoms with Crippen molar-refractivity contribution in [1.29, 1.82) is 0 Å². The van der Waals surface area contributed by atoms with Gasteiger partial charge in [-0.25, -0.2) is 0 Å². The van der Waals surface area contributed by atoms with Gasteiger partial charge in [-0.05, 0) is 62.3 Å². The average Bonchev–Trinajstić information content (AvgIpc) is 3.70. The molecule has 0 aliphatic rings. The van der Waals surface area contributed by atoms with E-state index < -0.39 is 91.6 Å². The third-order valence-electron chi connectivity index (χ3n) is 10.4. The fourth-order valence-electron chi connectivity index (χ4n) is 7.06. The number of carbonyl (C=O) groups excluding carboxylic acids is 8. The molecule has 3 aromatic rings. The van der Waals surface area contributed by atoms with Gasteiger partial charge in [0.1, 0.15) is 18.1 Å². The molecule has 0 saturated heterocycles. The first-order valence-corrected chi connectivity index (χ1v) is 22.2. The number of amides is 8. The van der Waals surface area contributed by atoms with Crippen molar-refractivity contribution < 1.29 is 38.4 Å². The summed E-state index contributed by atoms with van der Waals surface area (Å²) in [4.78, 5) is 115. The number of carbonyl (C=O) groups is 8. The van der Waals surface area contributed by atoms with E-state index in [4.69, 9.17) is 22.9 Å². The molecule has 0 saturated carbocycles. The van der Waals surface area contributed by atoms with Crippen LogP contribution in [-0.2, 0) is 51.2 Å². The SMILES string of the molecule is CCCC[C@H](NC(C)=O)C(=O)NCC(=O)N(CCCCN)CC(=O)N[C@H](Cc1ccccc1)C(=O)N[C@@H](CCCN=C(N)N)C(=O)N(CCc1c[nH]c2ccccc12)CC(=O)NCC(N)=O. The molecule has 0 radical (unpaired) electrons. The van der Waals surface area contributed by atoms with Crippen molar-refractivity contribution in [2.45, 2.75) is 89.8 Å². The Morgan fingerprint density at radius 1 is 0.712 bits per heavy atom. The zero-order valence-electron chi connectivity index (χ0n) is 37.9. The van der Waals surface area contributed by atoms with Crippen LogP contribution in [0.15, 0.2) is 65.8 Å². The largest absolute Gasteiger partial charge is 0.370 e. The highest BCUT2D eigenvalue weighted by atomic mass is 16.2. The number of nitrogens with two attached hydrogens (primary N) is 4. The first-order chi connectivity index (χ1) is 31.6. The van der Waals surface area contributed by atoms with Crippen molar-refractivity contribution in [2.24, 2.45) is 27.9 Å². The molecule has 0 spiro atoms. The molecule has 0 aliphatic carbocycles. The Bertz CT molecular complexity index is 2110. The lowest BCUT2D eigenvalue weighted by Crippen LogP contribution is -2.57. The van der Waals surface area contributed by atoms with Crippen molar-refractivity contribution in [3.8, 4) is 0 Å². The van der Waals surface area contributed by atoms with E-state index in [1.165, 1.54) is 16.7 Å². The molecule has 14 N–H and O–H groups in total. The number of fused-ring (bicyclic) bond motifs is 1. The van der Waals surface area contributed by atoms with E-state index in [1.54, 1.807) is 30.3 Å². The minimum absolute atomic E-state index is 0.00734. The second-order valence-corrected chi connectivity index (χ2v) is 15.9. The van der Waals surface area contributed by atoms with Crippen LogP contribution in [0.2, 0.25) is 0 Å². The van der Waals surface area contributed by atoms with Gasteiger partial charge in [0.25, 0.3) is 0 Å². The van der Waals surface area contributed by atoms with Crippen molar-refractivity contribution in [3.63, 3.8) is 0 Å². The minimum atomic E-state index is -1.26. The quantitative estimate of drug-likeness (QED) is 0.0215. The molecule has 1 aromatic heterocycles. The van der Waals surface area contributed by atoms with Gasteiger partial charge in [-0.15, -0.1) is 0 Å². The molecule has 0 bridgehead atoms. The predicted molar refractivity (Wildman–Crippen MR) is 250 cm³/mol. The summed E-state index contributed by atoms with van der Waals surface area (Å²) in [5, 5.41) is 14.1. The predicted octanol–water partition coefficient (Wildman–Crippen LogP) is -1.22. The molecular weight excluding hydrogens is 851 g/mol. The zero-order valence-corrected chi connectivity index (χ0v) is 37.9. The van der Waals surface area contributed by atoms with Crippen LogP contribution in [-0.4, -0.2) is 138 Å². The molecule has 8 amide bonds. The number of para-hydroxylation sites is 1. The van der Waals surface area contributed by atoms with Crippen LogP contribution in [0.1, 0.15) is 69.9 Å². The standard InChI is InChI=1S/C45H67N13O8/c1-3-4-16-35(54-30(2)59)42(64)53-27-41(63)57(22-11-10-20-46)29-40(62)55-37(24-31-13-6-5-7-14-31)43(65)56-36(18-12-21-50-45(48)49)44(66)58(28-39(61)52-26-38(47)60)23-19-32-25-51-34-17-9-8-15-33(32)34/h5-9,13-15,17,25,35-37,51H,3-4,10-12,16,18-24,26-29,46H2,1-2H3,(H2,47,60)(H,52,61)(H,53,64)(H,54,59)(H,55,62)(H,56,65)(H4,48,49,50)/t35-,36-,37+/m0/s1. The zero-order chi connectivity index (χ0) is 48.4. The van der Waals surface area contributed by atoms with Crippen LogP contribution in [0.4, 0.5) is 0 Å². The van der Waals surface area contributed by atoms with Crippen molar-refractivity contribution >= 4 is 64.1 Å². The monoisotopic (exact) mass is 918 g/mol. The summed E-state index contributed by atoms with van der Waals surface area (Å²) in [5.74, 6) is -5.16. The van der Waals surface area contributed by atoms with Gasteiger partial charge in [-0.1, -0.05) is 68.3 Å². The fourth-order valence-corrected chi connectivity index (χ4v) is 7.06. The van der Waals surface area contributed by atoms with Crippen molar-refractivity contribution in [2.75, 3.05) is 52.4 Å².